The molecule has 0 bridgehead atoms. The van der Waals surface area contributed by atoms with Crippen LogP contribution in [0.5, 0.6) is 0 Å². The van der Waals surface area contributed by atoms with Gasteiger partial charge in [0.1, 0.15) is 0 Å². The Bertz CT molecular complexity index is 1190. The second-order valence-corrected chi connectivity index (χ2v) is 8.93. The minimum absolute atomic E-state index is 0.239. The number of halogens is 1. The number of rotatable bonds is 7. The first-order chi connectivity index (χ1) is 15.6. The highest BCUT2D eigenvalue weighted by Gasteiger charge is 2.16. The zero-order chi connectivity index (χ0) is 22.3. The fraction of sp³-hybridized carbons (Fsp3) is 0.125. The number of anilines is 1. The molecule has 6 nitrogen and oxygen atoms in total. The number of hydrogen-bond donors (Lipinski definition) is 2. The zero-order valence-corrected chi connectivity index (χ0v) is 19.9. The van der Waals surface area contributed by atoms with Crippen LogP contribution in [0, 0.1) is 6.92 Å². The second-order valence-electron chi connectivity index (χ2n) is 7.13. The minimum Gasteiger partial charge on any atom is -0.331 e. The Balaban J connectivity index is 1.51. The van der Waals surface area contributed by atoms with Gasteiger partial charge < -0.3 is 10.6 Å². The normalized spacial score (nSPS) is 10.7. The number of nitrogens with zero attached hydrogens (tertiary/aromatic N) is 3. The van der Waals surface area contributed by atoms with Crippen LogP contribution in [-0.4, -0.2) is 20.8 Å². The third-order valence-electron chi connectivity index (χ3n) is 4.73. The summed E-state index contributed by atoms with van der Waals surface area (Å²) in [6.07, 6.45) is 0. The van der Waals surface area contributed by atoms with E-state index >= 15 is 0 Å². The number of amides is 2. The first-order valence-electron chi connectivity index (χ1n) is 10.1. The molecule has 0 spiro atoms. The van der Waals surface area contributed by atoms with Gasteiger partial charge in [-0.25, -0.2) is 4.79 Å². The highest BCUT2D eigenvalue weighted by molar-refractivity contribution is 9.10. The molecular formula is C24H22BrN5OS. The number of hydrogen-bond acceptors (Lipinski definition) is 4. The van der Waals surface area contributed by atoms with Crippen molar-refractivity contribution in [1.82, 2.24) is 20.1 Å². The minimum atomic E-state index is -0.311. The Kier molecular flexibility index (Phi) is 7.24. The maximum absolute atomic E-state index is 12.4. The van der Waals surface area contributed by atoms with Crippen molar-refractivity contribution in [1.29, 1.82) is 0 Å². The Morgan fingerprint density at radius 3 is 2.44 bits per heavy atom. The molecule has 0 saturated carbocycles. The maximum atomic E-state index is 12.4. The summed E-state index contributed by atoms with van der Waals surface area (Å²) in [6, 6.07) is 25.6. The Morgan fingerprint density at radius 1 is 0.969 bits per heavy atom. The lowest BCUT2D eigenvalue weighted by molar-refractivity contribution is 0.251. The molecule has 8 heteroatoms. The summed E-state index contributed by atoms with van der Waals surface area (Å²) in [6.45, 7) is 2.29. The molecule has 162 valence electrons. The lowest BCUT2D eigenvalue weighted by Crippen LogP contribution is -2.29. The molecule has 0 radical (unpaired) electrons. The topological polar surface area (TPSA) is 71.8 Å². The average Bonchev–Trinajstić information content (AvgIpc) is 3.22. The summed E-state index contributed by atoms with van der Waals surface area (Å²) < 4.78 is 2.81. The Morgan fingerprint density at radius 2 is 1.69 bits per heavy atom. The van der Waals surface area contributed by atoms with Crippen molar-refractivity contribution in [2.75, 3.05) is 5.32 Å². The van der Waals surface area contributed by atoms with Crippen LogP contribution >= 0.6 is 27.7 Å². The smallest absolute Gasteiger partial charge is 0.319 e. The van der Waals surface area contributed by atoms with Gasteiger partial charge in [-0.3, -0.25) is 4.57 Å². The standard InChI is InChI=1S/C24H22BrN5OS/c1-17-11-13-19(14-12-17)30-22(15-26-23(31)27-21-10-6-5-9-20(21)25)28-29-24(30)32-16-18-7-3-2-4-8-18/h2-14H,15-16H2,1H3,(H2,26,27,31). The molecular weight excluding hydrogens is 486 g/mol. The van der Waals surface area contributed by atoms with Crippen molar-refractivity contribution >= 4 is 39.4 Å². The van der Waals surface area contributed by atoms with Gasteiger partial charge >= 0.3 is 6.03 Å². The van der Waals surface area contributed by atoms with E-state index < -0.39 is 0 Å². The molecule has 2 amide bonds. The summed E-state index contributed by atoms with van der Waals surface area (Å²) in [7, 11) is 0. The molecule has 1 aromatic heterocycles. The molecule has 0 aliphatic carbocycles. The number of carbonyl (C=O) groups excluding carboxylic acids is 1. The molecule has 0 aliphatic heterocycles. The van der Waals surface area contributed by atoms with Crippen molar-refractivity contribution in [3.8, 4) is 5.69 Å². The number of thioether (sulfide) groups is 1. The van der Waals surface area contributed by atoms with Gasteiger partial charge in [0.05, 0.1) is 12.2 Å². The molecule has 0 atom stereocenters. The van der Waals surface area contributed by atoms with Gasteiger partial charge in [-0.05, 0) is 52.7 Å². The van der Waals surface area contributed by atoms with Crippen molar-refractivity contribution in [2.24, 2.45) is 0 Å². The van der Waals surface area contributed by atoms with Gasteiger partial charge in [-0.1, -0.05) is 71.9 Å². The summed E-state index contributed by atoms with van der Waals surface area (Å²) in [5, 5.41) is 15.3. The van der Waals surface area contributed by atoms with E-state index in [1.54, 1.807) is 11.8 Å². The van der Waals surface area contributed by atoms with Crippen molar-refractivity contribution in [3.63, 3.8) is 0 Å². The molecule has 0 unspecified atom stereocenters. The van der Waals surface area contributed by atoms with Gasteiger partial charge in [-0.15, -0.1) is 10.2 Å². The highest BCUT2D eigenvalue weighted by atomic mass is 79.9. The summed E-state index contributed by atoms with van der Waals surface area (Å²) >= 11 is 5.05. The molecule has 0 fully saturated rings. The highest BCUT2D eigenvalue weighted by Crippen LogP contribution is 2.26. The largest absolute Gasteiger partial charge is 0.331 e. The van der Waals surface area contributed by atoms with Crippen molar-refractivity contribution < 1.29 is 4.79 Å². The molecule has 0 aliphatic rings. The summed E-state index contributed by atoms with van der Waals surface area (Å²) in [5.41, 5.74) is 4.04. The van der Waals surface area contributed by atoms with E-state index in [9.17, 15) is 4.79 Å². The monoisotopic (exact) mass is 507 g/mol. The Hall–Kier alpha value is -3.10. The third-order valence-corrected chi connectivity index (χ3v) is 6.42. The lowest BCUT2D eigenvalue weighted by atomic mass is 10.2. The van der Waals surface area contributed by atoms with Crippen LogP contribution < -0.4 is 10.6 Å². The summed E-state index contributed by atoms with van der Waals surface area (Å²) in [5.74, 6) is 1.44. The Labute approximate surface area is 199 Å². The first-order valence-corrected chi connectivity index (χ1v) is 11.9. The van der Waals surface area contributed by atoms with E-state index in [2.05, 4.69) is 68.0 Å². The van der Waals surface area contributed by atoms with Gasteiger partial charge in [0.15, 0.2) is 11.0 Å². The number of benzene rings is 3. The van der Waals surface area contributed by atoms with Crippen LogP contribution in [0.15, 0.2) is 88.5 Å². The van der Waals surface area contributed by atoms with Crippen LogP contribution in [0.4, 0.5) is 10.5 Å². The second kappa shape index (κ2) is 10.5. The predicted octanol–water partition coefficient (Wildman–Crippen LogP) is 5.95. The van der Waals surface area contributed by atoms with Crippen molar-refractivity contribution in [3.05, 3.63) is 100 Å². The van der Waals surface area contributed by atoms with Gasteiger partial charge in [0, 0.05) is 15.9 Å². The fourth-order valence-corrected chi connectivity index (χ4v) is 4.38. The van der Waals surface area contributed by atoms with Crippen LogP contribution in [0.2, 0.25) is 0 Å². The third kappa shape index (κ3) is 5.57. The number of aromatic nitrogens is 3. The molecule has 0 saturated heterocycles. The van der Waals surface area contributed by atoms with E-state index in [0.29, 0.717) is 11.5 Å². The van der Waals surface area contributed by atoms with E-state index in [1.165, 1.54) is 11.1 Å². The van der Waals surface area contributed by atoms with Crippen LogP contribution in [0.3, 0.4) is 0 Å². The number of para-hydroxylation sites is 1. The van der Waals surface area contributed by atoms with Gasteiger partial charge in [0.25, 0.3) is 0 Å². The lowest BCUT2D eigenvalue weighted by Gasteiger charge is -2.12. The van der Waals surface area contributed by atoms with Crippen LogP contribution in [-0.2, 0) is 12.3 Å². The van der Waals surface area contributed by atoms with Crippen molar-refractivity contribution in [2.45, 2.75) is 24.4 Å². The zero-order valence-electron chi connectivity index (χ0n) is 17.5. The summed E-state index contributed by atoms with van der Waals surface area (Å²) in [4.78, 5) is 12.4. The van der Waals surface area contributed by atoms with E-state index in [0.717, 1.165) is 21.1 Å². The maximum Gasteiger partial charge on any atom is 0.319 e. The fourth-order valence-electron chi connectivity index (χ4n) is 3.07. The first kappa shape index (κ1) is 22.1. The molecule has 1 heterocycles. The average molecular weight is 508 g/mol. The van der Waals surface area contributed by atoms with Gasteiger partial charge in [-0.2, -0.15) is 0 Å². The predicted molar refractivity (Wildman–Crippen MR) is 132 cm³/mol. The van der Waals surface area contributed by atoms with Crippen LogP contribution in [0.1, 0.15) is 17.0 Å². The van der Waals surface area contributed by atoms with E-state index in [1.807, 2.05) is 59.2 Å². The molecule has 2 N–H and O–H groups in total. The molecule has 32 heavy (non-hydrogen) atoms. The van der Waals surface area contributed by atoms with Gasteiger partial charge in [0.2, 0.25) is 0 Å². The van der Waals surface area contributed by atoms with Crippen LogP contribution in [0.25, 0.3) is 5.69 Å². The molecule has 4 rings (SSSR count). The SMILES string of the molecule is Cc1ccc(-n2c(CNC(=O)Nc3ccccc3Br)nnc2SCc2ccccc2)cc1. The molecule has 3 aromatic carbocycles. The molecule has 4 aromatic rings. The van der Waals surface area contributed by atoms with E-state index in [-0.39, 0.29) is 12.6 Å². The quantitative estimate of drug-likeness (QED) is 0.303. The number of nitrogens with one attached hydrogen (secondary N) is 2. The number of urea groups is 1. The number of carbonyl (C=O) groups is 1. The number of aryl methyl sites for hydroxylation is 1. The van der Waals surface area contributed by atoms with E-state index in [4.69, 9.17) is 0 Å².